The number of ether oxygens (including phenoxy) is 6. The maximum atomic E-state index is 14.4. The third kappa shape index (κ3) is 19.3. The Morgan fingerprint density at radius 3 is 1.42 bits per heavy atom. The maximum absolute atomic E-state index is 14.4. The van der Waals surface area contributed by atoms with E-state index in [1.807, 2.05) is 115 Å². The molecule has 6 heterocycles. The lowest BCUT2D eigenvalue weighted by molar-refractivity contribution is -0.151. The summed E-state index contributed by atoms with van der Waals surface area (Å²) in [6, 6.07) is 25.5. The molecule has 2 saturated heterocycles. The maximum Gasteiger partial charge on any atom is 0.407 e. The smallest absolute Gasteiger partial charge is 0.407 e. The SMILES string of the molecule is C.C.CC(C)(C)[C@@H]1NC(=O)OCC/C=C/c2cccc(c2)-c2nc3ccccc3nc2O[C@@H]2C[C@@H](C(=O)O)N(C2)C1=O.CCOC(=O)[C@@]1(N)C[C@H]1C(F)F.CCOC(=O)[C@@]1(NC(=O)[C@@H]2C[C@@H]3CN2C(=O)[C@H](C(C)(C)C)NC(=O)OCC/C=C/c2cccc(c2)-c2nc4ccccc4nc2O3)C[C@H]1C(F)F.Cl. The molecule has 5 amide bonds. The number of carboxylic acid groups (broad SMARTS) is 1. The predicted molar refractivity (Wildman–Crippen MR) is 389 cm³/mol. The Balaban J connectivity index is 0.000000254. The summed E-state index contributed by atoms with van der Waals surface area (Å²) in [5, 5.41) is 17.9. The van der Waals surface area contributed by atoms with Gasteiger partial charge in [0.05, 0.1) is 73.4 Å². The summed E-state index contributed by atoms with van der Waals surface area (Å²) in [4.78, 5) is 126. The Morgan fingerprint density at radius 1 is 0.613 bits per heavy atom. The zero-order valence-electron chi connectivity index (χ0n) is 58.6. The van der Waals surface area contributed by atoms with Crippen LogP contribution in [0.2, 0.25) is 0 Å². The lowest BCUT2D eigenvalue weighted by atomic mass is 9.85. The van der Waals surface area contributed by atoms with Crippen LogP contribution in [0.15, 0.2) is 109 Å². The first kappa shape index (κ1) is 83.2. The largest absolute Gasteiger partial charge is 0.480 e. The number of nitrogens with zero attached hydrogens (tertiary/aromatic N) is 6. The van der Waals surface area contributed by atoms with E-state index in [1.54, 1.807) is 61.5 Å². The zero-order chi connectivity index (χ0) is 74.3. The number of aliphatic carboxylic acids is 1. The Labute approximate surface area is 618 Å². The summed E-state index contributed by atoms with van der Waals surface area (Å²) < 4.78 is 85.1. The average molecular weight is 1500 g/mol. The van der Waals surface area contributed by atoms with Crippen molar-refractivity contribution in [3.8, 4) is 34.3 Å². The van der Waals surface area contributed by atoms with Crippen molar-refractivity contribution < 1.29 is 89.4 Å². The number of fused-ring (bicyclic) bond motifs is 14. The molecule has 6 aromatic rings. The number of nitrogens with one attached hydrogen (secondary N) is 3. The Hall–Kier alpha value is -10.0. The number of cyclic esters (lactones) is 2. The number of halogens is 5. The van der Waals surface area contributed by atoms with Crippen molar-refractivity contribution in [3.05, 3.63) is 120 Å². The second-order valence-electron chi connectivity index (χ2n) is 28.1. The molecule has 0 unspecified atom stereocenters. The number of benzene rings is 4. The van der Waals surface area contributed by atoms with Crippen molar-refractivity contribution in [2.75, 3.05) is 39.5 Å². The predicted octanol–water partition coefficient (Wildman–Crippen LogP) is 11.4. The number of para-hydroxylation sites is 4. The molecule has 12 rings (SSSR count). The van der Waals surface area contributed by atoms with Gasteiger partial charge >= 0.3 is 30.1 Å². The van der Waals surface area contributed by atoms with Crippen molar-refractivity contribution in [2.45, 2.75) is 169 Å². The quantitative estimate of drug-likeness (QED) is 0.0510. The molecule has 4 fully saturated rings. The Morgan fingerprint density at radius 2 is 1.03 bits per heavy atom. The molecular formula is C76H93ClF4N10O15. The van der Waals surface area contributed by atoms with E-state index >= 15 is 0 Å². The van der Waals surface area contributed by atoms with Gasteiger partial charge in [0.2, 0.25) is 42.3 Å². The number of rotatable bonds is 9. The molecule has 4 aliphatic heterocycles. The number of aromatic nitrogens is 4. The van der Waals surface area contributed by atoms with Gasteiger partial charge in [-0.3, -0.25) is 19.2 Å². The second-order valence-corrected chi connectivity index (χ2v) is 28.1. The summed E-state index contributed by atoms with van der Waals surface area (Å²) in [6.07, 6.45) is -0.306. The number of alkyl halides is 4. The van der Waals surface area contributed by atoms with E-state index in [-0.39, 0.29) is 104 Å². The van der Waals surface area contributed by atoms with Gasteiger partial charge in [-0.15, -0.1) is 12.4 Å². The first-order chi connectivity index (χ1) is 48.9. The third-order valence-electron chi connectivity index (χ3n) is 18.4. The molecule has 30 heteroatoms. The minimum absolute atomic E-state index is 0. The van der Waals surface area contributed by atoms with E-state index < -0.39 is 131 Å². The number of hydrogen-bond acceptors (Lipinski definition) is 19. The number of alkyl carbamates (subject to hydrolysis) is 2. The van der Waals surface area contributed by atoms with Crippen molar-refractivity contribution in [3.63, 3.8) is 0 Å². The summed E-state index contributed by atoms with van der Waals surface area (Å²) in [5.74, 6) is -6.80. The average Bonchev–Trinajstić information content (AvgIpc) is 1.57. The number of amides is 5. The van der Waals surface area contributed by atoms with E-state index in [2.05, 4.69) is 20.7 Å². The molecule has 0 spiro atoms. The Kier molecular flexibility index (Phi) is 27.4. The summed E-state index contributed by atoms with van der Waals surface area (Å²) in [7, 11) is 0. The van der Waals surface area contributed by atoms with E-state index in [0.29, 0.717) is 51.9 Å². The first-order valence-corrected chi connectivity index (χ1v) is 34.1. The molecule has 8 bridgehead atoms. The van der Waals surface area contributed by atoms with Crippen LogP contribution in [0.5, 0.6) is 11.8 Å². The fraction of sp³-hybridized carbons (Fsp3) is 0.474. The molecule has 6 aliphatic rings. The van der Waals surface area contributed by atoms with Gasteiger partial charge in [-0.2, -0.15) is 0 Å². The van der Waals surface area contributed by atoms with Crippen molar-refractivity contribution in [2.24, 2.45) is 28.4 Å². The Bertz CT molecular complexity index is 4250. The van der Waals surface area contributed by atoms with Crippen molar-refractivity contribution >= 4 is 94.4 Å². The molecule has 25 nitrogen and oxygen atoms in total. The van der Waals surface area contributed by atoms with Gasteiger partial charge in [0.15, 0.2) is 0 Å². The fourth-order valence-electron chi connectivity index (χ4n) is 12.7. The highest BCUT2D eigenvalue weighted by atomic mass is 35.5. The number of carbonyl (C=O) groups is 8. The van der Waals surface area contributed by atoms with E-state index in [9.17, 15) is 61.0 Å². The van der Waals surface area contributed by atoms with Gasteiger partial charge < -0.3 is 65.0 Å². The minimum Gasteiger partial charge on any atom is -0.480 e. The standard InChI is InChI=1S/C37H41F2N5O7.C30H32N4O6.C7H11F2NO2.2CH4.ClH/c1-5-49-34(47)37(19-24(37)30(38)39)43-31(45)27-18-23-20-44(27)33(46)29(36(2,3)4)42-35(48)50-16-9-8-11-21-12-10-13-22(17-21)28-32(51-23)41-26-15-7-6-14-25(26)40-28;1-30(2,3)25-27(35)34-17-20(16-23(34)28(36)37)40-26-24(31-21-12-4-5-13-22(21)32-26)19-11-8-10-18(15-19)9-6-7-14-39-29(38)33-25;1-2-12-6(11)7(10)3-4(7)5(8)9;;;/h6-8,10-15,17,23-24,27,29-30H,5,9,16,18-20H2,1-4H3,(H,42,48)(H,43,45);4-6,8-13,15,20,23,25H,7,14,16-17H2,1-3H3,(H,33,38)(H,36,37);4-5H,2-3,10H2,1H3;2*1H4;1H/b11-8+;9-6+;;;;/t23-,24+,27+,29-,37-;20-,23+,25-;4-,7+;;;/m110.../s1. The normalized spacial score (nSPS) is 24.8. The van der Waals surface area contributed by atoms with Gasteiger partial charge in [-0.25, -0.2) is 56.7 Å². The van der Waals surface area contributed by atoms with Crippen LogP contribution in [0.4, 0.5) is 27.2 Å². The molecule has 10 atom stereocenters. The molecule has 2 saturated carbocycles. The number of nitrogens with two attached hydrogens (primary N) is 1. The zero-order valence-corrected chi connectivity index (χ0v) is 59.5. The van der Waals surface area contributed by atoms with Gasteiger partial charge in [0.1, 0.15) is 58.8 Å². The highest BCUT2D eigenvalue weighted by Gasteiger charge is 2.67. The number of hydrogen-bond donors (Lipinski definition) is 5. The fourth-order valence-corrected chi connectivity index (χ4v) is 12.7. The van der Waals surface area contributed by atoms with E-state index in [0.717, 1.165) is 16.7 Å². The molecule has 4 aromatic carbocycles. The summed E-state index contributed by atoms with van der Waals surface area (Å²) in [5.41, 5.74) is 7.22. The minimum atomic E-state index is -2.89. The van der Waals surface area contributed by atoms with Gasteiger partial charge in [0, 0.05) is 24.0 Å². The van der Waals surface area contributed by atoms with E-state index in [1.165, 1.54) is 9.80 Å². The highest BCUT2D eigenvalue weighted by molar-refractivity contribution is 5.97. The lowest BCUT2D eigenvalue weighted by Gasteiger charge is -2.35. The monoisotopic (exact) mass is 1500 g/mol. The highest BCUT2D eigenvalue weighted by Crippen LogP contribution is 2.49. The number of carboxylic acids is 1. The molecule has 0 radical (unpaired) electrons. The third-order valence-corrected chi connectivity index (χ3v) is 18.4. The van der Waals surface area contributed by atoms with Crippen LogP contribution in [0, 0.1) is 22.7 Å². The van der Waals surface area contributed by atoms with Crippen LogP contribution < -0.4 is 31.2 Å². The van der Waals surface area contributed by atoms with Crippen molar-refractivity contribution in [1.29, 1.82) is 0 Å². The molecule has 106 heavy (non-hydrogen) atoms. The van der Waals surface area contributed by atoms with Crippen LogP contribution in [0.1, 0.15) is 120 Å². The topological polar surface area (TPSA) is 332 Å². The second kappa shape index (κ2) is 34.9. The van der Waals surface area contributed by atoms with Crippen LogP contribution >= 0.6 is 12.4 Å². The van der Waals surface area contributed by atoms with Gasteiger partial charge in [-0.1, -0.05) is 141 Å². The van der Waals surface area contributed by atoms with Crippen LogP contribution in [0.3, 0.4) is 0 Å². The molecule has 572 valence electrons. The van der Waals surface area contributed by atoms with Crippen molar-refractivity contribution in [1.82, 2.24) is 45.7 Å². The number of carbonyl (C=O) groups excluding carboxylic acids is 7. The van der Waals surface area contributed by atoms with Crippen LogP contribution in [-0.4, -0.2) is 182 Å². The molecule has 2 aliphatic carbocycles. The summed E-state index contributed by atoms with van der Waals surface area (Å²) in [6.45, 7) is 14.0. The van der Waals surface area contributed by atoms with Crippen LogP contribution in [0.25, 0.3) is 56.7 Å². The number of esters is 2. The molecule has 2 aromatic heterocycles. The summed E-state index contributed by atoms with van der Waals surface area (Å²) >= 11 is 0. The molecular weight excluding hydrogens is 1400 g/mol. The lowest BCUT2D eigenvalue weighted by Crippen LogP contribution is -2.59. The van der Waals surface area contributed by atoms with Gasteiger partial charge in [0.25, 0.3) is 0 Å². The van der Waals surface area contributed by atoms with E-state index in [4.69, 9.17) is 49.4 Å². The van der Waals surface area contributed by atoms with Gasteiger partial charge in [-0.05, 0) is 97.9 Å². The first-order valence-electron chi connectivity index (χ1n) is 34.1. The molecule has 6 N–H and O–H groups in total. The van der Waals surface area contributed by atoms with Crippen LogP contribution in [-0.2, 0) is 47.7 Å².